The molecule has 2 aromatic rings. The van der Waals surface area contributed by atoms with Crippen LogP contribution in [-0.2, 0) is 0 Å². The Morgan fingerprint density at radius 2 is 2.07 bits per heavy atom. The highest BCUT2D eigenvalue weighted by Gasteiger charge is 2.18. The summed E-state index contributed by atoms with van der Waals surface area (Å²) in [5.74, 6) is -0.221. The van der Waals surface area contributed by atoms with E-state index in [-0.39, 0.29) is 32.9 Å². The van der Waals surface area contributed by atoms with Gasteiger partial charge in [-0.2, -0.15) is 0 Å². The Morgan fingerprint density at radius 1 is 1.43 bits per heavy atom. The predicted octanol–water partition coefficient (Wildman–Crippen LogP) is -0.618. The molecule has 7 nitrogen and oxygen atoms in total. The number of phenolic OH excluding ortho intramolecular Hbond substituents is 1. The standard InChI is InChI=1S/C7H8N4O3/c8-4-1-5(12)6(9)3-2-10(13)11(14)7(3)4/h1-2,12,14H,8-9H2. The number of hydrogen-bond acceptors (Lipinski definition) is 5. The van der Waals surface area contributed by atoms with Gasteiger partial charge in [0.1, 0.15) is 11.1 Å². The smallest absolute Gasteiger partial charge is 0.223 e. The van der Waals surface area contributed by atoms with E-state index in [1.54, 1.807) is 0 Å². The summed E-state index contributed by atoms with van der Waals surface area (Å²) in [5, 5.41) is 29.7. The number of rotatable bonds is 0. The number of nitrogens with zero attached hydrogens (tertiary/aromatic N) is 2. The molecule has 0 amide bonds. The van der Waals surface area contributed by atoms with Crippen molar-refractivity contribution in [3.63, 3.8) is 0 Å². The molecule has 0 aliphatic carbocycles. The van der Waals surface area contributed by atoms with Gasteiger partial charge in [-0.05, 0) is 4.85 Å². The molecular formula is C7H8N4O3. The average molecular weight is 196 g/mol. The van der Waals surface area contributed by atoms with Gasteiger partial charge < -0.3 is 27.0 Å². The molecule has 0 saturated heterocycles. The number of hydrogen-bond donors (Lipinski definition) is 4. The number of phenols is 1. The number of nitrogen functional groups attached to an aromatic ring is 2. The summed E-state index contributed by atoms with van der Waals surface area (Å²) in [5.41, 5.74) is 11.1. The fraction of sp³-hybridized carbons (Fsp3) is 0. The number of anilines is 2. The zero-order chi connectivity index (χ0) is 10.5. The quantitative estimate of drug-likeness (QED) is 0.147. The molecule has 14 heavy (non-hydrogen) atoms. The lowest BCUT2D eigenvalue weighted by atomic mass is 10.2. The van der Waals surface area contributed by atoms with Crippen LogP contribution in [0.15, 0.2) is 12.3 Å². The molecule has 0 spiro atoms. The van der Waals surface area contributed by atoms with Crippen LogP contribution in [0.2, 0.25) is 0 Å². The zero-order valence-corrected chi connectivity index (χ0v) is 7.01. The van der Waals surface area contributed by atoms with Gasteiger partial charge in [0.15, 0.2) is 5.52 Å². The van der Waals surface area contributed by atoms with Crippen molar-refractivity contribution in [2.75, 3.05) is 11.5 Å². The van der Waals surface area contributed by atoms with Crippen LogP contribution in [-0.4, -0.2) is 15.2 Å². The van der Waals surface area contributed by atoms with Crippen molar-refractivity contribution >= 4 is 22.3 Å². The van der Waals surface area contributed by atoms with Crippen molar-refractivity contribution in [3.8, 4) is 5.75 Å². The van der Waals surface area contributed by atoms with Crippen molar-refractivity contribution in [2.24, 2.45) is 0 Å². The summed E-state index contributed by atoms with van der Waals surface area (Å²) < 4.78 is 0. The Bertz CT molecular complexity index is 519. The molecule has 0 fully saturated rings. The summed E-state index contributed by atoms with van der Waals surface area (Å²) in [6.45, 7) is 0. The SMILES string of the molecule is Nc1c(O)cc(N)c2c1c[n+]([O-])n2O. The highest BCUT2D eigenvalue weighted by Crippen LogP contribution is 2.32. The first-order chi connectivity index (χ1) is 6.52. The highest BCUT2D eigenvalue weighted by atomic mass is 16.6. The first-order valence-corrected chi connectivity index (χ1v) is 3.73. The van der Waals surface area contributed by atoms with Crippen molar-refractivity contribution < 1.29 is 15.2 Å². The van der Waals surface area contributed by atoms with Crippen LogP contribution in [0, 0.1) is 5.21 Å². The van der Waals surface area contributed by atoms with Gasteiger partial charge in [0.2, 0.25) is 6.20 Å². The third-order valence-electron chi connectivity index (χ3n) is 2.01. The number of nitrogens with two attached hydrogens (primary N) is 2. The van der Waals surface area contributed by atoms with Gasteiger partial charge >= 0.3 is 0 Å². The van der Waals surface area contributed by atoms with Gasteiger partial charge in [-0.1, -0.05) is 0 Å². The van der Waals surface area contributed by atoms with Crippen molar-refractivity contribution in [1.82, 2.24) is 4.85 Å². The van der Waals surface area contributed by atoms with E-state index in [1.165, 1.54) is 6.07 Å². The van der Waals surface area contributed by atoms with Crippen LogP contribution in [0.25, 0.3) is 10.9 Å². The second-order valence-corrected chi connectivity index (χ2v) is 2.88. The second kappa shape index (κ2) is 2.34. The molecular weight excluding hydrogens is 188 g/mol. The first kappa shape index (κ1) is 8.30. The van der Waals surface area contributed by atoms with Gasteiger partial charge in [-0.3, -0.25) is 0 Å². The monoisotopic (exact) mass is 196 g/mol. The lowest BCUT2D eigenvalue weighted by molar-refractivity contribution is -0.722. The van der Waals surface area contributed by atoms with Crippen LogP contribution >= 0.6 is 0 Å². The summed E-state index contributed by atoms with van der Waals surface area (Å²) >= 11 is 0. The minimum absolute atomic E-state index is 0.00611. The van der Waals surface area contributed by atoms with Gasteiger partial charge in [0.25, 0.3) is 0 Å². The van der Waals surface area contributed by atoms with E-state index in [4.69, 9.17) is 11.5 Å². The van der Waals surface area contributed by atoms with E-state index < -0.39 is 0 Å². The zero-order valence-electron chi connectivity index (χ0n) is 7.01. The van der Waals surface area contributed by atoms with Crippen LogP contribution < -0.4 is 16.3 Å². The summed E-state index contributed by atoms with van der Waals surface area (Å²) in [4.78, 5) is 0.483. The van der Waals surface area contributed by atoms with Crippen molar-refractivity contribution in [2.45, 2.75) is 0 Å². The van der Waals surface area contributed by atoms with E-state index >= 15 is 0 Å². The summed E-state index contributed by atoms with van der Waals surface area (Å²) in [7, 11) is 0. The maximum atomic E-state index is 11.0. The molecule has 1 aromatic heterocycles. The number of benzene rings is 1. The van der Waals surface area contributed by atoms with E-state index in [0.717, 1.165) is 6.20 Å². The van der Waals surface area contributed by atoms with Crippen LogP contribution in [0.1, 0.15) is 0 Å². The maximum absolute atomic E-state index is 11.0. The molecule has 0 aliphatic heterocycles. The van der Waals surface area contributed by atoms with Crippen LogP contribution in [0.3, 0.4) is 0 Å². The van der Waals surface area contributed by atoms with Gasteiger partial charge in [0.05, 0.1) is 11.4 Å². The molecule has 0 saturated carbocycles. The molecule has 1 heterocycles. The Morgan fingerprint density at radius 3 is 2.71 bits per heavy atom. The van der Waals surface area contributed by atoms with Crippen LogP contribution in [0.4, 0.5) is 11.4 Å². The molecule has 0 aliphatic rings. The summed E-state index contributed by atoms with van der Waals surface area (Å²) in [6.07, 6.45) is 1.03. The first-order valence-electron chi connectivity index (χ1n) is 3.73. The average Bonchev–Trinajstić information content (AvgIpc) is 2.40. The molecule has 2 rings (SSSR count). The topological polar surface area (TPSA) is 124 Å². The number of fused-ring (bicyclic) bond motifs is 1. The molecule has 0 radical (unpaired) electrons. The van der Waals surface area contributed by atoms with Crippen molar-refractivity contribution in [3.05, 3.63) is 17.5 Å². The Kier molecular flexibility index (Phi) is 1.39. The number of aromatic nitrogens is 2. The van der Waals surface area contributed by atoms with E-state index in [1.807, 2.05) is 0 Å². The molecule has 0 atom stereocenters. The summed E-state index contributed by atoms with van der Waals surface area (Å²) in [6, 6.07) is 1.17. The Balaban J connectivity index is 3.02. The second-order valence-electron chi connectivity index (χ2n) is 2.88. The molecule has 74 valence electrons. The Hall–Kier alpha value is -2.31. The fourth-order valence-electron chi connectivity index (χ4n) is 1.33. The minimum atomic E-state index is -0.221. The number of aromatic hydroxyl groups is 1. The Labute approximate surface area is 77.9 Å². The van der Waals surface area contributed by atoms with E-state index in [2.05, 4.69) is 0 Å². The molecule has 1 aromatic carbocycles. The third kappa shape index (κ3) is 0.830. The molecule has 0 bridgehead atoms. The predicted molar refractivity (Wildman–Crippen MR) is 48.6 cm³/mol. The van der Waals surface area contributed by atoms with Crippen LogP contribution in [0.5, 0.6) is 5.75 Å². The fourth-order valence-corrected chi connectivity index (χ4v) is 1.33. The van der Waals surface area contributed by atoms with Crippen molar-refractivity contribution in [1.29, 1.82) is 0 Å². The molecule has 6 N–H and O–H groups in total. The minimum Gasteiger partial charge on any atom is -0.594 e. The van der Waals surface area contributed by atoms with Gasteiger partial charge in [0, 0.05) is 10.9 Å². The largest absolute Gasteiger partial charge is 0.594 e. The van der Waals surface area contributed by atoms with E-state index in [0.29, 0.717) is 4.85 Å². The maximum Gasteiger partial charge on any atom is 0.223 e. The van der Waals surface area contributed by atoms with Gasteiger partial charge in [-0.15, -0.1) is 0 Å². The molecule has 7 heteroatoms. The highest BCUT2D eigenvalue weighted by molar-refractivity contribution is 5.99. The van der Waals surface area contributed by atoms with E-state index in [9.17, 15) is 15.5 Å². The lowest BCUT2D eigenvalue weighted by Gasteiger charge is -2.01. The van der Waals surface area contributed by atoms with Gasteiger partial charge in [-0.25, -0.2) is 0 Å². The lowest BCUT2D eigenvalue weighted by Crippen LogP contribution is -2.34. The third-order valence-corrected chi connectivity index (χ3v) is 2.01. The molecule has 0 unspecified atom stereocenters. The normalized spacial score (nSPS) is 10.9.